The second-order valence-electron chi connectivity index (χ2n) is 6.26. The van der Waals surface area contributed by atoms with Crippen LogP contribution >= 0.6 is 0 Å². The first-order valence-electron chi connectivity index (χ1n) is 9.22. The highest BCUT2D eigenvalue weighted by atomic mass is 16.1. The summed E-state index contributed by atoms with van der Waals surface area (Å²) >= 11 is 0. The highest BCUT2D eigenvalue weighted by Crippen LogP contribution is 2.23. The molecule has 3 aromatic rings. The summed E-state index contributed by atoms with van der Waals surface area (Å²) in [5, 5.41) is 6.32. The van der Waals surface area contributed by atoms with Gasteiger partial charge in [-0.25, -0.2) is 4.98 Å². The fraction of sp³-hybridized carbons (Fsp3) is 0.227. The Morgan fingerprint density at radius 1 is 0.963 bits per heavy atom. The molecule has 0 fully saturated rings. The molecule has 5 nitrogen and oxygen atoms in total. The van der Waals surface area contributed by atoms with Crippen molar-refractivity contribution < 1.29 is 4.79 Å². The Bertz CT molecular complexity index is 870. The van der Waals surface area contributed by atoms with E-state index in [1.807, 2.05) is 42.6 Å². The fourth-order valence-corrected chi connectivity index (χ4v) is 2.92. The van der Waals surface area contributed by atoms with E-state index < -0.39 is 0 Å². The van der Waals surface area contributed by atoms with Crippen LogP contribution in [0.2, 0.25) is 0 Å². The average molecular weight is 360 g/mol. The Labute approximate surface area is 159 Å². The lowest BCUT2D eigenvalue weighted by Gasteiger charge is -2.14. The van der Waals surface area contributed by atoms with E-state index in [1.165, 1.54) is 0 Å². The third-order valence-corrected chi connectivity index (χ3v) is 4.45. The summed E-state index contributed by atoms with van der Waals surface area (Å²) in [6.07, 6.45) is 6.98. The normalized spacial score (nSPS) is 10.4. The zero-order chi connectivity index (χ0) is 19.1. The molecule has 0 radical (unpaired) electrons. The summed E-state index contributed by atoms with van der Waals surface area (Å²) in [6.45, 7) is 4.83. The van der Waals surface area contributed by atoms with Crippen molar-refractivity contribution in [3.63, 3.8) is 0 Å². The minimum Gasteiger partial charge on any atom is -0.380 e. The lowest BCUT2D eigenvalue weighted by atomic mass is 10.0. The quantitative estimate of drug-likeness (QED) is 0.652. The lowest BCUT2D eigenvalue weighted by molar-refractivity contribution is 0.102. The van der Waals surface area contributed by atoms with Gasteiger partial charge in [0.2, 0.25) is 0 Å². The number of pyridine rings is 2. The predicted molar refractivity (Wildman–Crippen MR) is 109 cm³/mol. The van der Waals surface area contributed by atoms with Gasteiger partial charge < -0.3 is 10.6 Å². The van der Waals surface area contributed by atoms with E-state index in [0.29, 0.717) is 12.2 Å². The highest BCUT2D eigenvalue weighted by Gasteiger charge is 2.12. The van der Waals surface area contributed by atoms with Crippen LogP contribution in [0, 0.1) is 0 Å². The molecule has 1 amide bonds. The molecule has 0 spiro atoms. The van der Waals surface area contributed by atoms with Gasteiger partial charge in [0, 0.05) is 24.6 Å². The van der Waals surface area contributed by atoms with E-state index in [0.717, 1.165) is 40.9 Å². The van der Waals surface area contributed by atoms with Gasteiger partial charge in [0.05, 0.1) is 11.9 Å². The van der Waals surface area contributed by atoms with Crippen molar-refractivity contribution in [2.45, 2.75) is 33.2 Å². The van der Waals surface area contributed by atoms with Crippen molar-refractivity contribution in [1.82, 2.24) is 9.97 Å². The van der Waals surface area contributed by atoms with Gasteiger partial charge in [-0.3, -0.25) is 9.78 Å². The van der Waals surface area contributed by atoms with Crippen molar-refractivity contribution in [2.24, 2.45) is 0 Å². The number of aromatic nitrogens is 2. The molecular formula is C22H24N4O. The number of nitrogens with one attached hydrogen (secondary N) is 2. The van der Waals surface area contributed by atoms with Gasteiger partial charge in [-0.05, 0) is 47.7 Å². The van der Waals surface area contributed by atoms with Crippen molar-refractivity contribution in [3.05, 3.63) is 83.4 Å². The number of hydrogen-bond acceptors (Lipinski definition) is 4. The van der Waals surface area contributed by atoms with E-state index in [-0.39, 0.29) is 5.91 Å². The second-order valence-corrected chi connectivity index (χ2v) is 6.26. The van der Waals surface area contributed by atoms with Gasteiger partial charge in [0.25, 0.3) is 5.91 Å². The molecule has 3 rings (SSSR count). The van der Waals surface area contributed by atoms with Crippen LogP contribution in [0.1, 0.15) is 41.0 Å². The summed E-state index contributed by atoms with van der Waals surface area (Å²) < 4.78 is 0. The van der Waals surface area contributed by atoms with Crippen molar-refractivity contribution in [2.75, 3.05) is 10.6 Å². The van der Waals surface area contributed by atoms with Crippen LogP contribution in [-0.2, 0) is 19.4 Å². The summed E-state index contributed by atoms with van der Waals surface area (Å²) in [7, 11) is 0. The zero-order valence-corrected chi connectivity index (χ0v) is 15.7. The fourth-order valence-electron chi connectivity index (χ4n) is 2.92. The molecule has 0 saturated heterocycles. The standard InChI is InChI=1S/C22H24N4O/c1-3-17-8-5-9-18(4-2)21(17)26-22(27)20-11-10-19(15-25-20)24-14-16-7-6-12-23-13-16/h5-13,15,24H,3-4,14H2,1-2H3,(H,26,27). The maximum absolute atomic E-state index is 12.6. The van der Waals surface area contributed by atoms with Crippen LogP contribution in [0.3, 0.4) is 0 Å². The molecule has 2 aromatic heterocycles. The molecule has 0 aliphatic rings. The van der Waals surface area contributed by atoms with Crippen LogP contribution < -0.4 is 10.6 Å². The molecule has 0 bridgehead atoms. The van der Waals surface area contributed by atoms with Crippen LogP contribution in [-0.4, -0.2) is 15.9 Å². The van der Waals surface area contributed by atoms with Crippen LogP contribution in [0.5, 0.6) is 0 Å². The number of aryl methyl sites for hydroxylation is 2. The minimum absolute atomic E-state index is 0.190. The first kappa shape index (κ1) is 18.6. The lowest BCUT2D eigenvalue weighted by Crippen LogP contribution is -2.16. The molecule has 0 saturated carbocycles. The molecule has 0 aliphatic heterocycles. The van der Waals surface area contributed by atoms with Gasteiger partial charge in [-0.2, -0.15) is 0 Å². The smallest absolute Gasteiger partial charge is 0.274 e. The van der Waals surface area contributed by atoms with E-state index in [4.69, 9.17) is 0 Å². The number of carbonyl (C=O) groups excluding carboxylic acids is 1. The SMILES string of the molecule is CCc1cccc(CC)c1NC(=O)c1ccc(NCc2cccnc2)cn1. The second kappa shape index (κ2) is 8.94. The molecule has 0 atom stereocenters. The molecule has 27 heavy (non-hydrogen) atoms. The van der Waals surface area contributed by atoms with Crippen LogP contribution in [0.25, 0.3) is 0 Å². The van der Waals surface area contributed by atoms with Crippen LogP contribution in [0.4, 0.5) is 11.4 Å². The highest BCUT2D eigenvalue weighted by molar-refractivity contribution is 6.03. The topological polar surface area (TPSA) is 66.9 Å². The number of amides is 1. The van der Waals surface area contributed by atoms with Gasteiger partial charge in [0.15, 0.2) is 0 Å². The molecule has 138 valence electrons. The molecular weight excluding hydrogens is 336 g/mol. The Morgan fingerprint density at radius 3 is 2.33 bits per heavy atom. The first-order chi connectivity index (χ1) is 13.2. The monoisotopic (exact) mass is 360 g/mol. The zero-order valence-electron chi connectivity index (χ0n) is 15.7. The average Bonchev–Trinajstić information content (AvgIpc) is 2.73. The number of anilines is 2. The minimum atomic E-state index is -0.190. The third-order valence-electron chi connectivity index (χ3n) is 4.45. The van der Waals surface area contributed by atoms with Gasteiger partial charge >= 0.3 is 0 Å². The van der Waals surface area contributed by atoms with Crippen LogP contribution in [0.15, 0.2) is 61.1 Å². The number of hydrogen-bond donors (Lipinski definition) is 2. The Morgan fingerprint density at radius 2 is 1.74 bits per heavy atom. The Kier molecular flexibility index (Phi) is 6.15. The maximum atomic E-state index is 12.6. The van der Waals surface area contributed by atoms with E-state index in [2.05, 4.69) is 34.4 Å². The van der Waals surface area contributed by atoms with Gasteiger partial charge in [0.1, 0.15) is 5.69 Å². The van der Waals surface area contributed by atoms with Gasteiger partial charge in [-0.15, -0.1) is 0 Å². The van der Waals surface area contributed by atoms with E-state index in [9.17, 15) is 4.79 Å². The Balaban J connectivity index is 1.68. The number of rotatable bonds is 7. The first-order valence-corrected chi connectivity index (χ1v) is 9.22. The molecule has 2 N–H and O–H groups in total. The molecule has 1 aromatic carbocycles. The molecule has 2 heterocycles. The summed E-state index contributed by atoms with van der Waals surface area (Å²) in [5.74, 6) is -0.190. The predicted octanol–water partition coefficient (Wildman–Crippen LogP) is 4.47. The van der Waals surface area contributed by atoms with Gasteiger partial charge in [-0.1, -0.05) is 38.1 Å². The van der Waals surface area contributed by atoms with Crippen molar-refractivity contribution in [3.8, 4) is 0 Å². The van der Waals surface area contributed by atoms with Crippen molar-refractivity contribution in [1.29, 1.82) is 0 Å². The largest absolute Gasteiger partial charge is 0.380 e. The summed E-state index contributed by atoms with van der Waals surface area (Å²) in [4.78, 5) is 21.0. The number of carbonyl (C=O) groups is 1. The Hall–Kier alpha value is -3.21. The molecule has 5 heteroatoms. The number of para-hydroxylation sites is 1. The van der Waals surface area contributed by atoms with E-state index >= 15 is 0 Å². The summed E-state index contributed by atoms with van der Waals surface area (Å²) in [6, 6.07) is 13.6. The van der Waals surface area contributed by atoms with E-state index in [1.54, 1.807) is 18.5 Å². The maximum Gasteiger partial charge on any atom is 0.274 e. The number of nitrogens with zero attached hydrogens (tertiary/aromatic N) is 2. The molecule has 0 unspecified atom stereocenters. The third kappa shape index (κ3) is 4.70. The molecule has 0 aliphatic carbocycles. The summed E-state index contributed by atoms with van der Waals surface area (Å²) in [5.41, 5.74) is 5.53. The van der Waals surface area contributed by atoms with Crippen molar-refractivity contribution >= 4 is 17.3 Å². The number of benzene rings is 1.